The topological polar surface area (TPSA) is 38.5 Å². The molecular weight excluding hydrogens is 200 g/mol. The third-order valence-electron chi connectivity index (χ3n) is 3.28. The van der Waals surface area contributed by atoms with Gasteiger partial charge < -0.3 is 10.5 Å². The fourth-order valence-corrected chi connectivity index (χ4v) is 2.46. The van der Waals surface area contributed by atoms with Gasteiger partial charge in [0.05, 0.1) is 7.11 Å². The van der Waals surface area contributed by atoms with Gasteiger partial charge in [0.1, 0.15) is 5.75 Å². The quantitative estimate of drug-likeness (QED) is 0.840. The summed E-state index contributed by atoms with van der Waals surface area (Å²) in [6.07, 6.45) is 2.52. The van der Waals surface area contributed by atoms with Crippen molar-refractivity contribution in [2.45, 2.75) is 18.9 Å². The second-order valence-electron chi connectivity index (χ2n) is 4.26. The molecular formula is C13H20N2O. The van der Waals surface area contributed by atoms with Crippen LogP contribution in [0.3, 0.4) is 0 Å². The Labute approximate surface area is 97.2 Å². The largest absolute Gasteiger partial charge is 0.497 e. The number of hydrogen-bond acceptors (Lipinski definition) is 3. The van der Waals surface area contributed by atoms with Gasteiger partial charge in [-0.2, -0.15) is 0 Å². The summed E-state index contributed by atoms with van der Waals surface area (Å²) in [5.41, 5.74) is 7.01. The Morgan fingerprint density at radius 3 is 2.75 bits per heavy atom. The average molecular weight is 220 g/mol. The molecule has 1 atom stereocenters. The summed E-state index contributed by atoms with van der Waals surface area (Å²) < 4.78 is 5.17. The van der Waals surface area contributed by atoms with E-state index in [0.29, 0.717) is 6.04 Å². The number of benzene rings is 1. The van der Waals surface area contributed by atoms with Crippen LogP contribution in [0.1, 0.15) is 24.4 Å². The van der Waals surface area contributed by atoms with Crippen LogP contribution in [-0.4, -0.2) is 31.6 Å². The van der Waals surface area contributed by atoms with Crippen molar-refractivity contribution in [1.29, 1.82) is 0 Å². The lowest BCUT2D eigenvalue weighted by atomic mass is 10.0. The molecule has 0 bridgehead atoms. The molecule has 2 rings (SSSR count). The number of hydrogen-bond donors (Lipinski definition) is 1. The highest BCUT2D eigenvalue weighted by atomic mass is 16.5. The molecule has 0 amide bonds. The molecule has 0 aromatic heterocycles. The molecule has 1 aliphatic rings. The molecule has 1 heterocycles. The lowest BCUT2D eigenvalue weighted by Gasteiger charge is -2.24. The van der Waals surface area contributed by atoms with Crippen LogP contribution in [-0.2, 0) is 0 Å². The first kappa shape index (κ1) is 11.4. The highest BCUT2D eigenvalue weighted by molar-refractivity contribution is 5.29. The van der Waals surface area contributed by atoms with E-state index in [1.165, 1.54) is 24.9 Å². The van der Waals surface area contributed by atoms with Gasteiger partial charge in [0.2, 0.25) is 0 Å². The van der Waals surface area contributed by atoms with Gasteiger partial charge in [-0.1, -0.05) is 12.1 Å². The zero-order valence-corrected chi connectivity index (χ0v) is 9.86. The Hall–Kier alpha value is -1.06. The Morgan fingerprint density at radius 2 is 2.12 bits per heavy atom. The fourth-order valence-electron chi connectivity index (χ4n) is 2.46. The average Bonchev–Trinajstić information content (AvgIpc) is 2.78. The molecule has 0 radical (unpaired) electrons. The minimum absolute atomic E-state index is 0.550. The van der Waals surface area contributed by atoms with E-state index in [9.17, 15) is 0 Å². The lowest BCUT2D eigenvalue weighted by Crippen LogP contribution is -2.29. The number of ether oxygens (including phenoxy) is 1. The third kappa shape index (κ3) is 2.36. The van der Waals surface area contributed by atoms with E-state index in [1.54, 1.807) is 7.11 Å². The van der Waals surface area contributed by atoms with E-state index in [-0.39, 0.29) is 0 Å². The van der Waals surface area contributed by atoms with Crippen molar-refractivity contribution in [3.8, 4) is 5.75 Å². The summed E-state index contributed by atoms with van der Waals surface area (Å²) in [4.78, 5) is 2.47. The van der Waals surface area contributed by atoms with Gasteiger partial charge in [-0.05, 0) is 37.1 Å². The highest BCUT2D eigenvalue weighted by Crippen LogP contribution is 2.32. The Morgan fingerprint density at radius 1 is 1.38 bits per heavy atom. The number of nitrogens with two attached hydrogens (primary N) is 1. The van der Waals surface area contributed by atoms with Gasteiger partial charge in [0.15, 0.2) is 0 Å². The van der Waals surface area contributed by atoms with Crippen molar-refractivity contribution in [2.75, 3.05) is 26.7 Å². The molecule has 3 nitrogen and oxygen atoms in total. The minimum atomic E-state index is 0.550. The monoisotopic (exact) mass is 220 g/mol. The molecule has 1 aromatic carbocycles. The molecule has 1 fully saturated rings. The molecule has 1 aromatic rings. The fraction of sp³-hybridized carbons (Fsp3) is 0.538. The maximum atomic E-state index is 5.63. The van der Waals surface area contributed by atoms with Crippen molar-refractivity contribution in [1.82, 2.24) is 4.90 Å². The Bertz CT molecular complexity index is 323. The van der Waals surface area contributed by atoms with Gasteiger partial charge in [-0.15, -0.1) is 0 Å². The van der Waals surface area contributed by atoms with Gasteiger partial charge in [0.25, 0.3) is 0 Å². The summed E-state index contributed by atoms with van der Waals surface area (Å²) in [6.45, 7) is 2.91. The van der Waals surface area contributed by atoms with Crippen molar-refractivity contribution in [3.63, 3.8) is 0 Å². The standard InChI is InChI=1S/C13H20N2O/c1-16-12-6-4-11(5-7-12)13-3-2-9-15(13)10-8-14/h4-7,13H,2-3,8-10,14H2,1H3/t13-/m0/s1. The smallest absolute Gasteiger partial charge is 0.118 e. The van der Waals surface area contributed by atoms with Crippen molar-refractivity contribution in [2.24, 2.45) is 5.73 Å². The predicted octanol–water partition coefficient (Wildman–Crippen LogP) is 1.79. The predicted molar refractivity (Wildman–Crippen MR) is 65.6 cm³/mol. The van der Waals surface area contributed by atoms with Crippen molar-refractivity contribution < 1.29 is 4.74 Å². The van der Waals surface area contributed by atoms with Crippen LogP contribution in [0.5, 0.6) is 5.75 Å². The van der Waals surface area contributed by atoms with Crippen LogP contribution < -0.4 is 10.5 Å². The van der Waals surface area contributed by atoms with E-state index in [1.807, 2.05) is 12.1 Å². The normalized spacial score (nSPS) is 21.2. The van der Waals surface area contributed by atoms with E-state index in [0.717, 1.165) is 18.8 Å². The molecule has 1 aliphatic heterocycles. The van der Waals surface area contributed by atoms with Crippen molar-refractivity contribution >= 4 is 0 Å². The van der Waals surface area contributed by atoms with Gasteiger partial charge >= 0.3 is 0 Å². The maximum absolute atomic E-state index is 5.63. The van der Waals surface area contributed by atoms with Gasteiger partial charge in [-0.25, -0.2) is 0 Å². The zero-order chi connectivity index (χ0) is 11.4. The second-order valence-corrected chi connectivity index (χ2v) is 4.26. The molecule has 0 spiro atoms. The first-order chi connectivity index (χ1) is 7.85. The second kappa shape index (κ2) is 5.32. The van der Waals surface area contributed by atoms with Crippen LogP contribution in [0.25, 0.3) is 0 Å². The third-order valence-corrected chi connectivity index (χ3v) is 3.28. The van der Waals surface area contributed by atoms with E-state index in [4.69, 9.17) is 10.5 Å². The van der Waals surface area contributed by atoms with Crippen molar-refractivity contribution in [3.05, 3.63) is 29.8 Å². The summed E-state index contributed by atoms with van der Waals surface area (Å²) in [6, 6.07) is 8.95. The summed E-state index contributed by atoms with van der Waals surface area (Å²) in [7, 11) is 1.70. The minimum Gasteiger partial charge on any atom is -0.497 e. The van der Waals surface area contributed by atoms with E-state index in [2.05, 4.69) is 17.0 Å². The Balaban J connectivity index is 2.09. The van der Waals surface area contributed by atoms with E-state index >= 15 is 0 Å². The van der Waals surface area contributed by atoms with E-state index < -0.39 is 0 Å². The van der Waals surface area contributed by atoms with Crippen LogP contribution in [0.2, 0.25) is 0 Å². The van der Waals surface area contributed by atoms with Crippen LogP contribution in [0, 0.1) is 0 Å². The SMILES string of the molecule is COc1ccc([C@@H]2CCCN2CCN)cc1. The summed E-state index contributed by atoms with van der Waals surface area (Å²) in [5, 5.41) is 0. The molecule has 0 unspecified atom stereocenters. The highest BCUT2D eigenvalue weighted by Gasteiger charge is 2.24. The molecule has 2 N–H and O–H groups in total. The lowest BCUT2D eigenvalue weighted by molar-refractivity contribution is 0.264. The first-order valence-electron chi connectivity index (χ1n) is 5.93. The number of likely N-dealkylation sites (tertiary alicyclic amines) is 1. The van der Waals surface area contributed by atoms with Gasteiger partial charge in [-0.3, -0.25) is 4.90 Å². The zero-order valence-electron chi connectivity index (χ0n) is 9.86. The maximum Gasteiger partial charge on any atom is 0.118 e. The summed E-state index contributed by atoms with van der Waals surface area (Å²) in [5.74, 6) is 0.923. The molecule has 88 valence electrons. The van der Waals surface area contributed by atoms with Crippen LogP contribution in [0.4, 0.5) is 0 Å². The number of rotatable bonds is 4. The molecule has 16 heavy (non-hydrogen) atoms. The molecule has 0 aliphatic carbocycles. The Kier molecular flexibility index (Phi) is 3.80. The first-order valence-corrected chi connectivity index (χ1v) is 5.93. The number of nitrogens with zero attached hydrogens (tertiary/aromatic N) is 1. The molecule has 3 heteroatoms. The number of methoxy groups -OCH3 is 1. The van der Waals surface area contributed by atoms with Crippen LogP contribution >= 0.6 is 0 Å². The van der Waals surface area contributed by atoms with Crippen LogP contribution in [0.15, 0.2) is 24.3 Å². The molecule has 1 saturated heterocycles. The molecule has 0 saturated carbocycles. The summed E-state index contributed by atoms with van der Waals surface area (Å²) >= 11 is 0. The van der Waals surface area contributed by atoms with Gasteiger partial charge in [0, 0.05) is 19.1 Å².